The number of rotatable bonds is 6. The molecule has 0 saturated carbocycles. The van der Waals surface area contributed by atoms with Crippen molar-refractivity contribution >= 4 is 18.2 Å². The maximum Gasteiger partial charge on any atom is 0.274 e. The molecule has 1 aromatic heterocycles. The molecule has 0 radical (unpaired) electrons. The van der Waals surface area contributed by atoms with Gasteiger partial charge in [-0.1, -0.05) is 13.0 Å². The van der Waals surface area contributed by atoms with Crippen molar-refractivity contribution in [2.45, 2.75) is 38.6 Å². The highest BCUT2D eigenvalue weighted by atomic mass is 16.5. The number of hydrogen-bond donors (Lipinski definition) is 2. The number of piperidine rings is 1. The number of nitrogens with zero attached hydrogens (tertiary/aromatic N) is 3. The summed E-state index contributed by atoms with van der Waals surface area (Å²) in [7, 11) is 0. The fourth-order valence-corrected chi connectivity index (χ4v) is 3.58. The van der Waals surface area contributed by atoms with Crippen molar-refractivity contribution in [2.75, 3.05) is 19.7 Å². The van der Waals surface area contributed by atoms with Gasteiger partial charge in [-0.15, -0.1) is 0 Å². The Labute approximate surface area is 162 Å². The molecule has 0 bridgehead atoms. The molecule has 4 rings (SSSR count). The molecule has 0 atom stereocenters. The normalized spacial score (nSPS) is 16.0. The fraction of sp³-hybridized carbons (Fsp3) is 0.450. The molecule has 2 aromatic rings. The highest BCUT2D eigenvalue weighted by molar-refractivity contribution is 5.75. The van der Waals surface area contributed by atoms with E-state index in [1.54, 1.807) is 4.57 Å². The van der Waals surface area contributed by atoms with E-state index in [9.17, 15) is 9.59 Å². The van der Waals surface area contributed by atoms with Crippen LogP contribution in [0.1, 0.15) is 37.7 Å². The molecule has 1 saturated heterocycles. The summed E-state index contributed by atoms with van der Waals surface area (Å²) in [5.74, 6) is 0.778. The van der Waals surface area contributed by atoms with Crippen LogP contribution in [-0.2, 0) is 11.3 Å². The summed E-state index contributed by atoms with van der Waals surface area (Å²) < 4.78 is 7.57. The number of ether oxygens (including phenoxy) is 1. The van der Waals surface area contributed by atoms with Crippen LogP contribution in [0.25, 0.3) is 6.58 Å². The van der Waals surface area contributed by atoms with Gasteiger partial charge in [0.25, 0.3) is 5.56 Å². The Morgan fingerprint density at radius 2 is 2.11 bits per heavy atom. The molecular weight excluding hydrogens is 358 g/mol. The zero-order valence-corrected chi connectivity index (χ0v) is 15.9. The first kappa shape index (κ1) is 18.5. The minimum atomic E-state index is -0.217. The van der Waals surface area contributed by atoms with Gasteiger partial charge in [-0.05, 0) is 37.5 Å². The van der Waals surface area contributed by atoms with Crippen LogP contribution in [0.15, 0.2) is 28.0 Å². The van der Waals surface area contributed by atoms with Gasteiger partial charge >= 0.3 is 0 Å². The number of aromatic nitrogens is 2. The van der Waals surface area contributed by atoms with Crippen molar-refractivity contribution in [3.05, 3.63) is 45.1 Å². The van der Waals surface area contributed by atoms with Crippen molar-refractivity contribution in [1.29, 1.82) is 0 Å². The number of amides is 1. The quantitative estimate of drug-likeness (QED) is 0.609. The Bertz CT molecular complexity index is 1030. The Morgan fingerprint density at radius 3 is 2.93 bits per heavy atom. The third-order valence-corrected chi connectivity index (χ3v) is 5.13. The third-order valence-electron chi connectivity index (χ3n) is 5.13. The van der Waals surface area contributed by atoms with Crippen LogP contribution in [-0.4, -0.2) is 40.2 Å². The topological polar surface area (TPSA) is 91.7 Å². The first-order valence-corrected chi connectivity index (χ1v) is 9.77. The molecule has 1 fully saturated rings. The van der Waals surface area contributed by atoms with Crippen LogP contribution in [0.2, 0.25) is 0 Å². The van der Waals surface area contributed by atoms with E-state index in [4.69, 9.17) is 4.74 Å². The highest BCUT2D eigenvalue weighted by Crippen LogP contribution is 2.26. The smallest absolute Gasteiger partial charge is 0.274 e. The lowest BCUT2D eigenvalue weighted by molar-refractivity contribution is -0.126. The lowest BCUT2D eigenvalue weighted by atomic mass is 10.1. The summed E-state index contributed by atoms with van der Waals surface area (Å²) in [6, 6.07) is 5.67. The van der Waals surface area contributed by atoms with E-state index < -0.39 is 0 Å². The van der Waals surface area contributed by atoms with Crippen LogP contribution in [0.3, 0.4) is 0 Å². The van der Waals surface area contributed by atoms with E-state index in [0.717, 1.165) is 42.9 Å². The van der Waals surface area contributed by atoms with E-state index >= 15 is 0 Å². The maximum absolute atomic E-state index is 12.0. The summed E-state index contributed by atoms with van der Waals surface area (Å²) in [5, 5.41) is 2.41. The molecule has 8 nitrogen and oxygen atoms in total. The molecule has 0 unspecified atom stereocenters. The van der Waals surface area contributed by atoms with Gasteiger partial charge in [-0.2, -0.15) is 0 Å². The SMILES string of the molecule is C=c1c(=O)[nH]c2n1Cc1cc(OCCCC(=O)NN3CCCCC3)ccc1N=2. The molecule has 3 heterocycles. The average molecular weight is 383 g/mol. The Hall–Kier alpha value is -2.87. The Balaban J connectivity index is 1.29. The molecule has 1 aromatic carbocycles. The number of carbonyl (C=O) groups excluding carboxylic acids is 1. The summed E-state index contributed by atoms with van der Waals surface area (Å²) >= 11 is 0. The number of carbonyl (C=O) groups is 1. The number of imidazole rings is 1. The van der Waals surface area contributed by atoms with Crippen LogP contribution in [0, 0.1) is 0 Å². The van der Waals surface area contributed by atoms with Crippen molar-refractivity contribution in [1.82, 2.24) is 20.0 Å². The first-order chi connectivity index (χ1) is 13.6. The van der Waals surface area contributed by atoms with Crippen molar-refractivity contribution in [3.63, 3.8) is 0 Å². The van der Waals surface area contributed by atoms with Crippen molar-refractivity contribution in [2.24, 2.45) is 4.99 Å². The number of H-pyrrole nitrogens is 1. The Kier molecular flexibility index (Phi) is 5.29. The molecule has 1 amide bonds. The summed E-state index contributed by atoms with van der Waals surface area (Å²) in [4.78, 5) is 30.9. The fourth-order valence-electron chi connectivity index (χ4n) is 3.58. The van der Waals surface area contributed by atoms with Gasteiger partial charge in [0.15, 0.2) is 0 Å². The van der Waals surface area contributed by atoms with Crippen LogP contribution < -0.4 is 26.7 Å². The van der Waals surface area contributed by atoms with Crippen LogP contribution >= 0.6 is 0 Å². The van der Waals surface area contributed by atoms with Crippen LogP contribution in [0.4, 0.5) is 5.69 Å². The molecular formula is C20H25N5O3. The van der Waals surface area contributed by atoms with Gasteiger partial charge in [0.1, 0.15) is 11.1 Å². The zero-order valence-electron chi connectivity index (χ0n) is 15.9. The van der Waals surface area contributed by atoms with E-state index in [1.807, 2.05) is 23.2 Å². The van der Waals surface area contributed by atoms with Gasteiger partial charge in [0, 0.05) is 25.1 Å². The monoisotopic (exact) mass is 383 g/mol. The number of fused-ring (bicyclic) bond motifs is 2. The minimum absolute atomic E-state index is 0.0440. The summed E-state index contributed by atoms with van der Waals surface area (Å²) in [6.45, 7) is 6.67. The largest absolute Gasteiger partial charge is 0.494 e. The number of hydrogen-bond acceptors (Lipinski definition) is 5. The lowest BCUT2D eigenvalue weighted by Crippen LogP contribution is -2.45. The second-order valence-corrected chi connectivity index (χ2v) is 7.25. The standard InChI is InChI=1S/C20H25N5O3/c1-14-19(27)22-20-21-17-8-7-16(12-15(17)13-25(14)20)28-11-5-6-18(26)23-24-9-3-2-4-10-24/h7-8,12H,1-6,9-11,13H2,(H,23,26)(H,21,22,27). The molecule has 148 valence electrons. The second-order valence-electron chi connectivity index (χ2n) is 7.25. The molecule has 2 N–H and O–H groups in total. The maximum atomic E-state index is 12.0. The molecule has 8 heteroatoms. The number of hydrazine groups is 1. The van der Waals surface area contributed by atoms with Crippen molar-refractivity contribution in [3.8, 4) is 5.75 Å². The average Bonchev–Trinajstić information content (AvgIpc) is 2.97. The van der Waals surface area contributed by atoms with Gasteiger partial charge < -0.3 is 9.30 Å². The zero-order chi connectivity index (χ0) is 19.5. The van der Waals surface area contributed by atoms with E-state index in [0.29, 0.717) is 37.0 Å². The van der Waals surface area contributed by atoms with Gasteiger partial charge in [0.05, 0.1) is 18.8 Å². The molecule has 2 aliphatic rings. The highest BCUT2D eigenvalue weighted by Gasteiger charge is 2.14. The van der Waals surface area contributed by atoms with E-state index in [2.05, 4.69) is 22.0 Å². The minimum Gasteiger partial charge on any atom is -0.494 e. The summed E-state index contributed by atoms with van der Waals surface area (Å²) in [6.07, 6.45) is 4.62. The summed E-state index contributed by atoms with van der Waals surface area (Å²) in [5.41, 5.74) is 5.06. The van der Waals surface area contributed by atoms with Crippen LogP contribution in [0.5, 0.6) is 5.75 Å². The first-order valence-electron chi connectivity index (χ1n) is 9.77. The molecule has 0 aliphatic carbocycles. The van der Waals surface area contributed by atoms with Crippen molar-refractivity contribution < 1.29 is 9.53 Å². The number of benzene rings is 1. The van der Waals surface area contributed by atoms with Gasteiger partial charge in [-0.3, -0.25) is 20.0 Å². The molecule has 28 heavy (non-hydrogen) atoms. The number of nitrogens with one attached hydrogen (secondary N) is 2. The molecule has 0 spiro atoms. The predicted molar refractivity (Wildman–Crippen MR) is 105 cm³/mol. The van der Waals surface area contributed by atoms with E-state index in [-0.39, 0.29) is 11.5 Å². The Morgan fingerprint density at radius 1 is 1.29 bits per heavy atom. The van der Waals surface area contributed by atoms with Gasteiger partial charge in [-0.25, -0.2) is 10.0 Å². The third kappa shape index (κ3) is 4.01. The molecule has 2 aliphatic heterocycles. The lowest BCUT2D eigenvalue weighted by Gasteiger charge is -2.26. The predicted octanol–water partition coefficient (Wildman–Crippen LogP) is 0.576. The number of aromatic amines is 1. The van der Waals surface area contributed by atoms with E-state index in [1.165, 1.54) is 6.42 Å². The second kappa shape index (κ2) is 8.02. The van der Waals surface area contributed by atoms with Gasteiger partial charge in [0.2, 0.25) is 11.5 Å².